The molecule has 96 valence electrons. The van der Waals surface area contributed by atoms with Crippen LogP contribution in [0.25, 0.3) is 0 Å². The van der Waals surface area contributed by atoms with Crippen LogP contribution in [0.3, 0.4) is 0 Å². The Hall–Kier alpha value is -0.770. The molecule has 0 bridgehead atoms. The summed E-state index contributed by atoms with van der Waals surface area (Å²) < 4.78 is 13.6. The first-order chi connectivity index (χ1) is 7.93. The maximum Gasteiger partial charge on any atom is 0.139 e. The van der Waals surface area contributed by atoms with Crippen molar-refractivity contribution in [3.63, 3.8) is 0 Å². The van der Waals surface area contributed by atoms with Crippen molar-refractivity contribution in [1.29, 1.82) is 0 Å². The lowest BCUT2D eigenvalue weighted by molar-refractivity contribution is 0.484. The molecule has 2 nitrogen and oxygen atoms in total. The van der Waals surface area contributed by atoms with E-state index < -0.39 is 0 Å². The molecule has 0 radical (unpaired) electrons. The average molecular weight is 303 g/mol. The molecule has 2 atom stereocenters. The molecule has 1 aromatic rings. The summed E-state index contributed by atoms with van der Waals surface area (Å²) >= 11 is 3.16. The molecule has 3 N–H and O–H groups in total. The van der Waals surface area contributed by atoms with Crippen LogP contribution in [0.5, 0.6) is 0 Å². The number of nitrogen functional groups attached to an aromatic ring is 1. The normalized spacial score (nSPS) is 14.4. The van der Waals surface area contributed by atoms with Crippen LogP contribution < -0.4 is 11.1 Å². The van der Waals surface area contributed by atoms with Crippen molar-refractivity contribution in [3.05, 3.63) is 22.4 Å². The van der Waals surface area contributed by atoms with Crippen LogP contribution in [-0.4, -0.2) is 6.04 Å². The van der Waals surface area contributed by atoms with Gasteiger partial charge in [-0.1, -0.05) is 20.3 Å². The lowest BCUT2D eigenvalue weighted by atomic mass is 10.00. The summed E-state index contributed by atoms with van der Waals surface area (Å²) in [6.07, 6.45) is 2.24. The monoisotopic (exact) mass is 302 g/mol. The van der Waals surface area contributed by atoms with Crippen molar-refractivity contribution < 1.29 is 4.39 Å². The Balaban J connectivity index is 2.71. The molecule has 0 heterocycles. The predicted molar refractivity (Wildman–Crippen MR) is 75.7 cm³/mol. The van der Waals surface area contributed by atoms with Gasteiger partial charge in [-0.05, 0) is 41.3 Å². The highest BCUT2D eigenvalue weighted by atomic mass is 79.9. The third-order valence-electron chi connectivity index (χ3n) is 2.95. The topological polar surface area (TPSA) is 38.0 Å². The summed E-state index contributed by atoms with van der Waals surface area (Å²) in [5.41, 5.74) is 7.01. The molecule has 0 aliphatic rings. The van der Waals surface area contributed by atoms with Crippen LogP contribution in [-0.2, 0) is 0 Å². The van der Waals surface area contributed by atoms with Gasteiger partial charge in [0.05, 0.1) is 15.8 Å². The minimum atomic E-state index is -0.331. The van der Waals surface area contributed by atoms with E-state index in [9.17, 15) is 4.39 Å². The molecule has 1 rings (SSSR count). The van der Waals surface area contributed by atoms with Gasteiger partial charge in [-0.15, -0.1) is 0 Å². The zero-order chi connectivity index (χ0) is 13.0. The smallest absolute Gasteiger partial charge is 0.139 e. The minimum Gasteiger partial charge on any atom is -0.397 e. The summed E-state index contributed by atoms with van der Waals surface area (Å²) in [5, 5.41) is 3.32. The van der Waals surface area contributed by atoms with Gasteiger partial charge in [-0.25, -0.2) is 4.39 Å². The summed E-state index contributed by atoms with van der Waals surface area (Å²) in [4.78, 5) is 0. The van der Waals surface area contributed by atoms with Crippen LogP contribution in [0.4, 0.5) is 15.8 Å². The second-order valence-electron chi connectivity index (χ2n) is 4.65. The number of nitrogens with two attached hydrogens (primary N) is 1. The van der Waals surface area contributed by atoms with Gasteiger partial charge in [0, 0.05) is 12.1 Å². The Bertz CT molecular complexity index is 382. The molecule has 4 heteroatoms. The highest BCUT2D eigenvalue weighted by Crippen LogP contribution is 2.27. The van der Waals surface area contributed by atoms with E-state index in [-0.39, 0.29) is 5.82 Å². The van der Waals surface area contributed by atoms with Crippen LogP contribution in [0, 0.1) is 11.7 Å². The number of hydrogen-bond acceptors (Lipinski definition) is 2. The Morgan fingerprint density at radius 3 is 2.65 bits per heavy atom. The molecular formula is C13H20BrFN2. The van der Waals surface area contributed by atoms with E-state index in [1.807, 2.05) is 0 Å². The van der Waals surface area contributed by atoms with Gasteiger partial charge in [0.1, 0.15) is 5.82 Å². The fourth-order valence-corrected chi connectivity index (χ4v) is 2.13. The molecule has 17 heavy (non-hydrogen) atoms. The lowest BCUT2D eigenvalue weighted by Crippen LogP contribution is -2.19. The van der Waals surface area contributed by atoms with E-state index in [1.165, 1.54) is 6.07 Å². The third kappa shape index (κ3) is 4.19. The summed E-state index contributed by atoms with van der Waals surface area (Å²) in [5.74, 6) is 0.338. The van der Waals surface area contributed by atoms with Crippen LogP contribution in [0.2, 0.25) is 0 Å². The average Bonchev–Trinajstić information content (AvgIpc) is 2.25. The van der Waals surface area contributed by atoms with E-state index in [0.29, 0.717) is 22.1 Å². The zero-order valence-electron chi connectivity index (χ0n) is 10.6. The number of rotatable bonds is 5. The first kappa shape index (κ1) is 14.3. The first-order valence-corrected chi connectivity index (χ1v) is 6.74. The summed E-state index contributed by atoms with van der Waals surface area (Å²) in [6.45, 7) is 6.52. The highest BCUT2D eigenvalue weighted by Gasteiger charge is 2.10. The van der Waals surface area contributed by atoms with Crippen LogP contribution >= 0.6 is 15.9 Å². The Labute approximate surface area is 111 Å². The Morgan fingerprint density at radius 1 is 1.41 bits per heavy atom. The van der Waals surface area contributed by atoms with Gasteiger partial charge in [0.25, 0.3) is 0 Å². The van der Waals surface area contributed by atoms with E-state index in [0.717, 1.165) is 18.5 Å². The quantitative estimate of drug-likeness (QED) is 0.791. The molecule has 1 aromatic carbocycles. The molecule has 0 fully saturated rings. The van der Waals surface area contributed by atoms with E-state index in [1.54, 1.807) is 6.07 Å². The van der Waals surface area contributed by atoms with Crippen LogP contribution in [0.1, 0.15) is 33.6 Å². The third-order valence-corrected chi connectivity index (χ3v) is 3.55. The number of halogens is 2. The molecule has 0 saturated heterocycles. The maximum absolute atomic E-state index is 13.2. The van der Waals surface area contributed by atoms with Gasteiger partial charge in [-0.3, -0.25) is 0 Å². The fraction of sp³-hybridized carbons (Fsp3) is 0.538. The van der Waals surface area contributed by atoms with Crippen molar-refractivity contribution in [2.24, 2.45) is 5.92 Å². The van der Waals surface area contributed by atoms with Crippen molar-refractivity contribution in [2.75, 3.05) is 11.1 Å². The van der Waals surface area contributed by atoms with E-state index in [4.69, 9.17) is 5.73 Å². The Kier molecular flexibility index (Phi) is 5.25. The molecule has 0 aliphatic heterocycles. The summed E-state index contributed by atoms with van der Waals surface area (Å²) in [6, 6.07) is 3.35. The largest absolute Gasteiger partial charge is 0.397 e. The van der Waals surface area contributed by atoms with Crippen LogP contribution in [0.15, 0.2) is 16.6 Å². The van der Waals surface area contributed by atoms with E-state index in [2.05, 4.69) is 42.0 Å². The number of hydrogen-bond donors (Lipinski definition) is 2. The fourth-order valence-electron chi connectivity index (χ4n) is 1.78. The summed E-state index contributed by atoms with van der Waals surface area (Å²) in [7, 11) is 0. The number of benzene rings is 1. The molecular weight excluding hydrogens is 283 g/mol. The van der Waals surface area contributed by atoms with Crippen molar-refractivity contribution in [2.45, 2.75) is 39.7 Å². The first-order valence-electron chi connectivity index (χ1n) is 5.95. The SMILES string of the molecule is CCC(C)CC(C)Nc1cc(Br)c(F)cc1N. The second-order valence-corrected chi connectivity index (χ2v) is 5.50. The van der Waals surface area contributed by atoms with Crippen molar-refractivity contribution in [1.82, 2.24) is 0 Å². The lowest BCUT2D eigenvalue weighted by Gasteiger charge is -2.20. The molecule has 2 unspecified atom stereocenters. The van der Waals surface area contributed by atoms with Gasteiger partial charge in [0.15, 0.2) is 0 Å². The molecule has 0 aromatic heterocycles. The van der Waals surface area contributed by atoms with Gasteiger partial charge < -0.3 is 11.1 Å². The van der Waals surface area contributed by atoms with Gasteiger partial charge >= 0.3 is 0 Å². The minimum absolute atomic E-state index is 0.324. The second kappa shape index (κ2) is 6.24. The molecule has 0 saturated carbocycles. The van der Waals surface area contributed by atoms with Crippen molar-refractivity contribution in [3.8, 4) is 0 Å². The van der Waals surface area contributed by atoms with Crippen molar-refractivity contribution >= 4 is 27.3 Å². The standard InChI is InChI=1S/C13H20BrFN2/c1-4-8(2)5-9(3)17-13-6-10(14)11(15)7-12(13)16/h6-9,17H,4-5,16H2,1-3H3. The zero-order valence-corrected chi connectivity index (χ0v) is 12.1. The maximum atomic E-state index is 13.2. The Morgan fingerprint density at radius 2 is 2.06 bits per heavy atom. The highest BCUT2D eigenvalue weighted by molar-refractivity contribution is 9.10. The predicted octanol–water partition coefficient (Wildman–Crippen LogP) is 4.41. The molecule has 0 aliphatic carbocycles. The van der Waals surface area contributed by atoms with Gasteiger partial charge in [-0.2, -0.15) is 0 Å². The molecule has 0 amide bonds. The molecule has 0 spiro atoms. The van der Waals surface area contributed by atoms with E-state index >= 15 is 0 Å². The number of anilines is 2. The van der Waals surface area contributed by atoms with Gasteiger partial charge in [0.2, 0.25) is 0 Å². The number of nitrogens with one attached hydrogen (secondary N) is 1.